The van der Waals surface area contributed by atoms with Crippen molar-refractivity contribution in [1.29, 1.82) is 0 Å². The fraction of sp³-hybridized carbons (Fsp3) is 1.00. The zero-order valence-corrected chi connectivity index (χ0v) is 7.56. The molecule has 0 aromatic heterocycles. The van der Waals surface area contributed by atoms with Crippen LogP contribution in [0, 0.1) is 5.92 Å². The first-order valence-corrected chi connectivity index (χ1v) is 4.14. The van der Waals surface area contributed by atoms with Crippen molar-refractivity contribution in [2.24, 2.45) is 5.92 Å². The maximum Gasteiger partial charge on any atom is 1.00 e. The third kappa shape index (κ3) is 3.17. The number of hydrogen-bond donors (Lipinski definition) is 0. The second-order valence-electron chi connectivity index (χ2n) is 3.43. The molecule has 1 unspecified atom stereocenters. The van der Waals surface area contributed by atoms with Crippen LogP contribution in [0.3, 0.4) is 0 Å². The van der Waals surface area contributed by atoms with E-state index in [-0.39, 0.29) is 20.3 Å². The smallest absolute Gasteiger partial charge is 1.00 e. The SMILES string of the molecule is CC(C)C1[B]CCCC1.[H-].[Li+]. The Labute approximate surface area is 79.1 Å². The fourth-order valence-corrected chi connectivity index (χ4v) is 1.58. The average Bonchev–Trinajstić information content (AvgIpc) is 1.90. The monoisotopic (exact) mass is 131 g/mol. The van der Waals surface area contributed by atoms with Gasteiger partial charge >= 0.3 is 18.9 Å². The van der Waals surface area contributed by atoms with Gasteiger partial charge in [-0.25, -0.2) is 0 Å². The fourth-order valence-electron chi connectivity index (χ4n) is 1.58. The summed E-state index contributed by atoms with van der Waals surface area (Å²) in [6.45, 7) is 4.65. The van der Waals surface area contributed by atoms with E-state index in [1.165, 1.54) is 25.6 Å². The van der Waals surface area contributed by atoms with Crippen molar-refractivity contribution in [3.63, 3.8) is 0 Å². The molecule has 1 atom stereocenters. The maximum atomic E-state index is 2.51. The van der Waals surface area contributed by atoms with Crippen LogP contribution < -0.4 is 18.9 Å². The van der Waals surface area contributed by atoms with Crippen molar-refractivity contribution in [2.45, 2.75) is 45.2 Å². The van der Waals surface area contributed by atoms with Gasteiger partial charge < -0.3 is 1.43 Å². The summed E-state index contributed by atoms with van der Waals surface area (Å²) in [5.74, 6) is 1.81. The van der Waals surface area contributed by atoms with E-state index in [2.05, 4.69) is 21.1 Å². The summed E-state index contributed by atoms with van der Waals surface area (Å²) >= 11 is 0. The Morgan fingerprint density at radius 3 is 2.40 bits per heavy atom. The van der Waals surface area contributed by atoms with E-state index in [0.29, 0.717) is 0 Å². The zero-order valence-electron chi connectivity index (χ0n) is 8.56. The van der Waals surface area contributed by atoms with Crippen LogP contribution in [0.5, 0.6) is 0 Å². The Balaban J connectivity index is 0. The second kappa shape index (κ2) is 5.33. The van der Waals surface area contributed by atoms with Crippen LogP contribution in [0.15, 0.2) is 0 Å². The van der Waals surface area contributed by atoms with Gasteiger partial charge in [0.25, 0.3) is 0 Å². The van der Waals surface area contributed by atoms with Crippen LogP contribution in [0.4, 0.5) is 0 Å². The second-order valence-corrected chi connectivity index (χ2v) is 3.43. The molecule has 53 valence electrons. The number of rotatable bonds is 1. The molecular weight excluding hydrogens is 114 g/mol. The summed E-state index contributed by atoms with van der Waals surface area (Å²) in [6, 6.07) is 0. The molecule has 1 fully saturated rings. The van der Waals surface area contributed by atoms with Crippen LogP contribution in [0.25, 0.3) is 0 Å². The van der Waals surface area contributed by atoms with Crippen molar-refractivity contribution in [3.8, 4) is 0 Å². The molecule has 1 aliphatic rings. The third-order valence-corrected chi connectivity index (χ3v) is 2.32. The third-order valence-electron chi connectivity index (χ3n) is 2.32. The summed E-state index contributed by atoms with van der Waals surface area (Å²) in [5.41, 5.74) is 0. The van der Waals surface area contributed by atoms with E-state index in [0.717, 1.165) is 11.7 Å². The minimum absolute atomic E-state index is 0. The van der Waals surface area contributed by atoms with Crippen LogP contribution in [-0.4, -0.2) is 7.28 Å². The molecule has 1 heterocycles. The van der Waals surface area contributed by atoms with Gasteiger partial charge in [0, 0.05) is 0 Å². The van der Waals surface area contributed by atoms with Gasteiger partial charge in [-0.3, -0.25) is 0 Å². The molecule has 0 bridgehead atoms. The van der Waals surface area contributed by atoms with Gasteiger partial charge in [-0.2, -0.15) is 0 Å². The molecule has 1 saturated heterocycles. The topological polar surface area (TPSA) is 0 Å². The van der Waals surface area contributed by atoms with Crippen molar-refractivity contribution in [2.75, 3.05) is 0 Å². The minimum Gasteiger partial charge on any atom is -1.00 e. The quantitative estimate of drug-likeness (QED) is 0.434. The Hall–Kier alpha value is 0.662. The van der Waals surface area contributed by atoms with Crippen LogP contribution >= 0.6 is 0 Å². The first kappa shape index (κ1) is 10.7. The Morgan fingerprint density at radius 1 is 1.40 bits per heavy atom. The molecule has 1 radical (unpaired) electrons. The van der Waals surface area contributed by atoms with Gasteiger partial charge in [-0.05, 0) is 0 Å². The Bertz CT molecular complexity index is 82.2. The normalized spacial score (nSPS) is 25.3. The van der Waals surface area contributed by atoms with Crippen molar-refractivity contribution in [1.82, 2.24) is 0 Å². The van der Waals surface area contributed by atoms with Gasteiger partial charge in [0.2, 0.25) is 0 Å². The average molecular weight is 131 g/mol. The van der Waals surface area contributed by atoms with Gasteiger partial charge in [0.15, 0.2) is 0 Å². The largest absolute Gasteiger partial charge is 1.00 e. The maximum absolute atomic E-state index is 2.51. The van der Waals surface area contributed by atoms with Crippen LogP contribution in [0.2, 0.25) is 12.1 Å². The zero-order chi connectivity index (χ0) is 6.69. The first-order valence-electron chi connectivity index (χ1n) is 4.14. The van der Waals surface area contributed by atoms with E-state index in [9.17, 15) is 0 Å². The summed E-state index contributed by atoms with van der Waals surface area (Å²) in [4.78, 5) is 0. The minimum atomic E-state index is 0. The predicted molar refractivity (Wildman–Crippen MR) is 44.1 cm³/mol. The van der Waals surface area contributed by atoms with Gasteiger partial charge in [-0.1, -0.05) is 51.2 Å². The van der Waals surface area contributed by atoms with E-state index < -0.39 is 0 Å². The molecule has 1 aliphatic heterocycles. The molecule has 1 rings (SSSR count). The van der Waals surface area contributed by atoms with Crippen LogP contribution in [-0.2, 0) is 0 Å². The standard InChI is InChI=1S/C8H16B.Li.H/c1-7(2)8-5-3-4-6-9-8;;/h7-8H,3-6H2,1-2H3;;/q;+1;-1. The molecule has 0 aromatic carbocycles. The van der Waals surface area contributed by atoms with E-state index >= 15 is 0 Å². The van der Waals surface area contributed by atoms with Crippen molar-refractivity contribution < 1.29 is 20.3 Å². The number of hydrogen-bond acceptors (Lipinski definition) is 0. The molecule has 0 aromatic rings. The van der Waals surface area contributed by atoms with Gasteiger partial charge in [0.05, 0.1) is 0 Å². The van der Waals surface area contributed by atoms with Crippen molar-refractivity contribution in [3.05, 3.63) is 0 Å². The van der Waals surface area contributed by atoms with E-state index in [4.69, 9.17) is 0 Å². The Kier molecular flexibility index (Phi) is 5.68. The van der Waals surface area contributed by atoms with Gasteiger partial charge in [-0.15, -0.1) is 0 Å². The predicted octanol–water partition coefficient (Wildman–Crippen LogP) is -0.146. The summed E-state index contributed by atoms with van der Waals surface area (Å²) in [7, 11) is 2.51. The molecule has 0 saturated carbocycles. The van der Waals surface area contributed by atoms with E-state index in [1.54, 1.807) is 0 Å². The van der Waals surface area contributed by atoms with Crippen LogP contribution in [0.1, 0.15) is 34.5 Å². The molecule has 0 nitrogen and oxygen atoms in total. The molecular formula is C8H17BLi. The molecule has 0 N–H and O–H groups in total. The summed E-state index contributed by atoms with van der Waals surface area (Å²) in [6.07, 6.45) is 5.70. The van der Waals surface area contributed by atoms with Gasteiger partial charge in [0.1, 0.15) is 7.28 Å². The van der Waals surface area contributed by atoms with E-state index in [1.807, 2.05) is 0 Å². The Morgan fingerprint density at radius 2 is 2.10 bits per heavy atom. The first-order chi connectivity index (χ1) is 4.30. The molecule has 0 spiro atoms. The molecule has 2 heteroatoms. The molecule has 0 aliphatic carbocycles. The molecule has 0 amide bonds. The summed E-state index contributed by atoms with van der Waals surface area (Å²) < 4.78 is 0. The molecule has 10 heavy (non-hydrogen) atoms. The summed E-state index contributed by atoms with van der Waals surface area (Å²) in [5, 5.41) is 0. The van der Waals surface area contributed by atoms with Crippen molar-refractivity contribution >= 4 is 7.28 Å².